The summed E-state index contributed by atoms with van der Waals surface area (Å²) >= 11 is 0. The van der Waals surface area contributed by atoms with E-state index in [-0.39, 0.29) is 24.3 Å². The van der Waals surface area contributed by atoms with Crippen LogP contribution in [0.4, 0.5) is 24.9 Å². The van der Waals surface area contributed by atoms with E-state index in [0.29, 0.717) is 23.0 Å². The maximum atomic E-state index is 12.6. The number of halogens is 3. The smallest absolute Gasteiger partial charge is 0.406 e. The van der Waals surface area contributed by atoms with Gasteiger partial charge in [0.05, 0.1) is 12.3 Å². The number of aliphatic hydroxyl groups is 1. The maximum Gasteiger partial charge on any atom is 0.573 e. The Kier molecular flexibility index (Phi) is 7.91. The Bertz CT molecular complexity index is 844. The van der Waals surface area contributed by atoms with Crippen LogP contribution in [0.1, 0.15) is 26.2 Å². The quantitative estimate of drug-likeness (QED) is 0.474. The Hall–Kier alpha value is -2.59. The summed E-state index contributed by atoms with van der Waals surface area (Å²) in [6, 6.07) is 7.08. The lowest BCUT2D eigenvalue weighted by atomic mass is 9.95. The summed E-state index contributed by atoms with van der Waals surface area (Å²) in [4.78, 5) is 8.85. The van der Waals surface area contributed by atoms with Crippen LogP contribution >= 0.6 is 0 Å². The fourth-order valence-electron chi connectivity index (χ4n) is 3.44. The van der Waals surface area contributed by atoms with E-state index in [1.165, 1.54) is 18.2 Å². The van der Waals surface area contributed by atoms with Crippen LogP contribution in [0.3, 0.4) is 0 Å². The third-order valence-electron chi connectivity index (χ3n) is 5.06. The zero-order valence-corrected chi connectivity index (χ0v) is 17.4. The van der Waals surface area contributed by atoms with Crippen molar-refractivity contribution in [2.45, 2.75) is 38.6 Å². The van der Waals surface area contributed by atoms with Crippen LogP contribution in [-0.2, 0) is 0 Å². The molecular weight excluding hydrogens is 411 g/mol. The molecule has 1 atom stereocenters. The highest BCUT2D eigenvalue weighted by molar-refractivity contribution is 5.66. The van der Waals surface area contributed by atoms with Gasteiger partial charge in [0.15, 0.2) is 0 Å². The van der Waals surface area contributed by atoms with Gasteiger partial charge in [0.25, 0.3) is 0 Å². The van der Waals surface area contributed by atoms with Gasteiger partial charge < -0.3 is 25.8 Å². The molecule has 2 aromatic rings. The van der Waals surface area contributed by atoms with Gasteiger partial charge in [-0.3, -0.25) is 0 Å². The normalized spacial score (nSPS) is 16.0. The van der Waals surface area contributed by atoms with E-state index in [0.717, 1.165) is 38.9 Å². The molecule has 0 saturated carbocycles. The largest absolute Gasteiger partial charge is 0.573 e. The fraction of sp³-hybridized carbons (Fsp3) is 0.524. The topological polar surface area (TPSA) is 91.3 Å². The summed E-state index contributed by atoms with van der Waals surface area (Å²) < 4.78 is 41.8. The van der Waals surface area contributed by atoms with Crippen molar-refractivity contribution in [2.24, 2.45) is 5.92 Å². The number of ether oxygens (including phenoxy) is 1. The molecule has 0 amide bonds. The van der Waals surface area contributed by atoms with Crippen molar-refractivity contribution < 1.29 is 23.0 Å². The van der Waals surface area contributed by atoms with Crippen LogP contribution < -0.4 is 20.7 Å². The minimum atomic E-state index is -4.77. The van der Waals surface area contributed by atoms with Crippen molar-refractivity contribution >= 4 is 11.8 Å². The highest BCUT2D eigenvalue weighted by atomic mass is 19.4. The van der Waals surface area contributed by atoms with Gasteiger partial charge in [-0.05, 0) is 57.3 Å². The highest BCUT2D eigenvalue weighted by Gasteiger charge is 2.31. The van der Waals surface area contributed by atoms with Gasteiger partial charge in [-0.25, -0.2) is 4.98 Å². The first-order valence-corrected chi connectivity index (χ1v) is 10.4. The van der Waals surface area contributed by atoms with Crippen molar-refractivity contribution in [3.8, 4) is 17.0 Å². The Morgan fingerprint density at radius 2 is 2.00 bits per heavy atom. The SMILES string of the molecule is C[C@H](CO)Nc1nc(NCCC2CCNCC2)cc(-c2cccc(OC(F)(F)F)c2)n1. The molecule has 0 radical (unpaired) electrons. The van der Waals surface area contributed by atoms with Crippen LogP contribution in [0, 0.1) is 5.92 Å². The van der Waals surface area contributed by atoms with Gasteiger partial charge in [0, 0.05) is 24.2 Å². The first-order chi connectivity index (χ1) is 14.8. The van der Waals surface area contributed by atoms with Crippen molar-refractivity contribution in [3.05, 3.63) is 30.3 Å². The summed E-state index contributed by atoms with van der Waals surface area (Å²) in [5, 5.41) is 19.0. The van der Waals surface area contributed by atoms with E-state index in [2.05, 4.69) is 30.7 Å². The molecule has 0 bridgehead atoms. The highest BCUT2D eigenvalue weighted by Crippen LogP contribution is 2.29. The van der Waals surface area contributed by atoms with E-state index in [1.807, 2.05) is 0 Å². The van der Waals surface area contributed by atoms with E-state index in [4.69, 9.17) is 0 Å². The van der Waals surface area contributed by atoms with Gasteiger partial charge in [-0.1, -0.05) is 12.1 Å². The summed E-state index contributed by atoms with van der Waals surface area (Å²) in [6.07, 6.45) is -1.48. The minimum absolute atomic E-state index is 0.110. The van der Waals surface area contributed by atoms with Crippen LogP contribution in [0.15, 0.2) is 30.3 Å². The Morgan fingerprint density at radius 1 is 1.23 bits per heavy atom. The van der Waals surface area contributed by atoms with E-state index in [9.17, 15) is 18.3 Å². The van der Waals surface area contributed by atoms with Crippen molar-refractivity contribution in [2.75, 3.05) is 36.9 Å². The molecule has 1 fully saturated rings. The van der Waals surface area contributed by atoms with Crippen LogP contribution in [-0.4, -0.2) is 53.7 Å². The lowest BCUT2D eigenvalue weighted by molar-refractivity contribution is -0.274. The predicted molar refractivity (Wildman–Crippen MR) is 113 cm³/mol. The van der Waals surface area contributed by atoms with Crippen molar-refractivity contribution in [1.29, 1.82) is 0 Å². The summed E-state index contributed by atoms with van der Waals surface area (Å²) in [5.74, 6) is 1.18. The Morgan fingerprint density at radius 3 is 2.71 bits per heavy atom. The number of anilines is 2. The number of hydrogen-bond acceptors (Lipinski definition) is 7. The molecule has 170 valence electrons. The number of rotatable bonds is 9. The van der Waals surface area contributed by atoms with Crippen LogP contribution in [0.25, 0.3) is 11.3 Å². The number of nitrogens with one attached hydrogen (secondary N) is 3. The molecular formula is C21H28F3N5O2. The maximum absolute atomic E-state index is 12.6. The summed E-state index contributed by atoms with van der Waals surface area (Å²) in [5.41, 5.74) is 0.907. The lowest BCUT2D eigenvalue weighted by Crippen LogP contribution is -2.28. The molecule has 0 unspecified atom stereocenters. The number of hydrogen-bond donors (Lipinski definition) is 4. The zero-order valence-electron chi connectivity index (χ0n) is 17.4. The number of alkyl halides is 3. The van der Waals surface area contributed by atoms with Gasteiger partial charge >= 0.3 is 6.36 Å². The fourth-order valence-corrected chi connectivity index (χ4v) is 3.44. The number of nitrogens with zero attached hydrogens (tertiary/aromatic N) is 2. The third kappa shape index (κ3) is 7.55. The van der Waals surface area contributed by atoms with E-state index >= 15 is 0 Å². The molecule has 2 heterocycles. The number of benzene rings is 1. The van der Waals surface area contributed by atoms with Gasteiger partial charge in [-0.15, -0.1) is 13.2 Å². The van der Waals surface area contributed by atoms with Crippen LogP contribution in [0.5, 0.6) is 5.75 Å². The third-order valence-corrected chi connectivity index (χ3v) is 5.06. The van der Waals surface area contributed by atoms with Crippen LogP contribution in [0.2, 0.25) is 0 Å². The van der Waals surface area contributed by atoms with Gasteiger partial charge in [0.1, 0.15) is 11.6 Å². The number of aliphatic hydroxyl groups excluding tert-OH is 1. The minimum Gasteiger partial charge on any atom is -0.406 e. The Labute approximate surface area is 179 Å². The standard InChI is InChI=1S/C21H28F3N5O2/c1-14(13-30)27-20-28-18(16-3-2-4-17(11-16)31-21(22,23)24)12-19(29-20)26-10-7-15-5-8-25-9-6-15/h2-4,11-12,14-15,25,30H,5-10,13H2,1H3,(H2,26,27,28,29)/t14-/m1/s1. The van der Waals surface area contributed by atoms with E-state index in [1.54, 1.807) is 19.1 Å². The molecule has 1 aliphatic rings. The molecule has 31 heavy (non-hydrogen) atoms. The molecule has 1 aromatic heterocycles. The monoisotopic (exact) mass is 439 g/mol. The van der Waals surface area contributed by atoms with Crippen molar-refractivity contribution in [3.63, 3.8) is 0 Å². The first-order valence-electron chi connectivity index (χ1n) is 10.4. The molecule has 1 saturated heterocycles. The Balaban J connectivity index is 1.78. The second kappa shape index (κ2) is 10.6. The molecule has 10 heteroatoms. The van der Waals surface area contributed by atoms with Gasteiger partial charge in [0.2, 0.25) is 5.95 Å². The summed E-state index contributed by atoms with van der Waals surface area (Å²) in [7, 11) is 0. The average Bonchev–Trinajstić information content (AvgIpc) is 2.73. The number of aromatic nitrogens is 2. The second-order valence-electron chi connectivity index (χ2n) is 7.67. The van der Waals surface area contributed by atoms with Gasteiger partial charge in [-0.2, -0.15) is 4.98 Å². The predicted octanol–water partition coefficient (Wildman–Crippen LogP) is 3.64. The molecule has 4 N–H and O–H groups in total. The number of piperidine rings is 1. The van der Waals surface area contributed by atoms with Crippen molar-refractivity contribution in [1.82, 2.24) is 15.3 Å². The summed E-state index contributed by atoms with van der Waals surface area (Å²) in [6.45, 7) is 4.46. The second-order valence-corrected chi connectivity index (χ2v) is 7.67. The molecule has 1 aliphatic heterocycles. The average molecular weight is 439 g/mol. The lowest BCUT2D eigenvalue weighted by Gasteiger charge is -2.22. The zero-order chi connectivity index (χ0) is 22.3. The molecule has 0 aliphatic carbocycles. The molecule has 3 rings (SSSR count). The first kappa shape index (κ1) is 23.1. The molecule has 7 nitrogen and oxygen atoms in total. The molecule has 0 spiro atoms. The van der Waals surface area contributed by atoms with E-state index < -0.39 is 6.36 Å². The molecule has 1 aromatic carbocycles.